The van der Waals surface area contributed by atoms with Crippen molar-refractivity contribution in [2.75, 3.05) is 0 Å². The average Bonchev–Trinajstić information content (AvgIpc) is 3.56. The smallest absolute Gasteiger partial charge is 0.0582 e. The Labute approximate surface area is 312 Å². The van der Waals surface area contributed by atoms with Gasteiger partial charge in [-0.3, -0.25) is 0 Å². The van der Waals surface area contributed by atoms with Crippen LogP contribution < -0.4 is 4.74 Å². The number of benzene rings is 4. The van der Waals surface area contributed by atoms with E-state index >= 15 is 0 Å². The van der Waals surface area contributed by atoms with Crippen molar-refractivity contribution in [2.24, 2.45) is 12.5 Å². The number of pyridine rings is 1. The molecule has 0 bridgehead atoms. The van der Waals surface area contributed by atoms with Crippen LogP contribution in [0.2, 0.25) is 0 Å². The van der Waals surface area contributed by atoms with Crippen LogP contribution in [-0.4, -0.2) is 18.7 Å². The summed E-state index contributed by atoms with van der Waals surface area (Å²) in [6.45, 7) is 23.3. The van der Waals surface area contributed by atoms with Crippen LogP contribution in [0.4, 0.5) is 0 Å². The van der Waals surface area contributed by atoms with Crippen molar-refractivity contribution < 1.29 is 24.1 Å². The molecule has 51 heavy (non-hydrogen) atoms. The van der Waals surface area contributed by atoms with E-state index in [1.165, 1.54) is 27.6 Å². The van der Waals surface area contributed by atoms with Crippen molar-refractivity contribution in [3.63, 3.8) is 0 Å². The summed E-state index contributed by atoms with van der Waals surface area (Å²) in [7, 11) is 2.12. The molecule has 0 fully saturated rings. The van der Waals surface area contributed by atoms with E-state index in [4.69, 9.17) is 9.72 Å². The van der Waals surface area contributed by atoms with Gasteiger partial charge >= 0.3 is 220 Å². The molecule has 264 valence electrons. The molecule has 7 aromatic rings. The summed E-state index contributed by atoms with van der Waals surface area (Å²) in [6.07, 6.45) is 1.89. The van der Waals surface area contributed by atoms with Crippen molar-refractivity contribution in [1.82, 2.24) is 18.7 Å². The predicted octanol–water partition coefficient (Wildman–Crippen LogP) is 11.1. The quantitative estimate of drug-likeness (QED) is 0.165. The van der Waals surface area contributed by atoms with Gasteiger partial charge in [0.05, 0.1) is 0 Å². The topological polar surface area (TPSA) is 36.9 Å². The maximum atomic E-state index is 6.59. The van der Waals surface area contributed by atoms with E-state index in [0.29, 0.717) is 11.5 Å². The fraction of sp³-hybridized carbons (Fsp3) is 0.333. The molecule has 0 aliphatic heterocycles. The van der Waals surface area contributed by atoms with Gasteiger partial charge in [-0.05, 0) is 45.9 Å². The number of hydrogen-bond donors (Lipinski definition) is 0. The van der Waals surface area contributed by atoms with Crippen LogP contribution in [0.1, 0.15) is 84.6 Å². The zero-order chi connectivity index (χ0) is 36.4. The molecule has 8 rings (SSSR count). The molecule has 5 nitrogen and oxygen atoms in total. The number of rotatable bonds is 4. The average molecular weight is 854 g/mol. The van der Waals surface area contributed by atoms with E-state index in [2.05, 4.69) is 170 Å². The minimum Gasteiger partial charge on any atom is -0.0582 e. The molecule has 0 radical (unpaired) electrons. The summed E-state index contributed by atoms with van der Waals surface area (Å²) in [5, 5.41) is 2.34. The zero-order valence-corrected chi connectivity index (χ0v) is 33.8. The molecule has 0 saturated heterocycles. The van der Waals surface area contributed by atoms with E-state index in [1.807, 2.05) is 30.5 Å². The van der Waals surface area contributed by atoms with Crippen LogP contribution in [0.25, 0.3) is 44.3 Å². The van der Waals surface area contributed by atoms with Gasteiger partial charge in [0.2, 0.25) is 0 Å². The van der Waals surface area contributed by atoms with Crippen molar-refractivity contribution in [1.29, 1.82) is 0 Å². The molecule has 1 aliphatic carbocycles. The minimum atomic E-state index is -0.0188. The van der Waals surface area contributed by atoms with Gasteiger partial charge in [-0.15, -0.1) is 0 Å². The Morgan fingerprint density at radius 3 is 2.14 bits per heavy atom. The molecule has 0 spiro atoms. The molecular formula is C45H46N4OPt-2. The number of aryl methyl sites for hydroxylation is 2. The molecular weight excluding hydrogens is 808 g/mol. The second kappa shape index (κ2) is 11.1. The van der Waals surface area contributed by atoms with E-state index in [1.54, 1.807) is 0 Å². The third-order valence-corrected chi connectivity index (χ3v) is 13.7. The van der Waals surface area contributed by atoms with Crippen molar-refractivity contribution in [3.8, 4) is 23.0 Å². The first-order valence-electron chi connectivity index (χ1n) is 17.8. The Bertz CT molecular complexity index is 2620. The Kier molecular flexibility index (Phi) is 7.41. The van der Waals surface area contributed by atoms with Crippen molar-refractivity contribution >= 4 is 32.8 Å². The minimum absolute atomic E-state index is 0.00151. The molecule has 3 heterocycles. The van der Waals surface area contributed by atoms with Crippen molar-refractivity contribution in [2.45, 2.75) is 85.5 Å². The fourth-order valence-electron chi connectivity index (χ4n) is 8.14. The number of aromatic nitrogens is 4. The number of imidazole rings is 1. The molecule has 0 saturated carbocycles. The van der Waals surface area contributed by atoms with Gasteiger partial charge in [-0.2, -0.15) is 0 Å². The number of fused-ring (bicyclic) bond motifs is 5. The van der Waals surface area contributed by atoms with Crippen LogP contribution in [0.5, 0.6) is 11.5 Å². The molecule has 0 amide bonds. The van der Waals surface area contributed by atoms with Gasteiger partial charge < -0.3 is 0 Å². The first-order chi connectivity index (χ1) is 23.9. The Balaban J connectivity index is 1.27. The van der Waals surface area contributed by atoms with E-state index in [0.717, 1.165) is 42.8 Å². The third kappa shape index (κ3) is 4.90. The normalized spacial score (nSPS) is 16.3. The summed E-state index contributed by atoms with van der Waals surface area (Å²) >= 11 is 2.40. The summed E-state index contributed by atoms with van der Waals surface area (Å²) in [5.74, 6) is 2.15. The van der Waals surface area contributed by atoms with Gasteiger partial charge in [0, 0.05) is 6.20 Å². The van der Waals surface area contributed by atoms with Gasteiger partial charge in [-0.1, -0.05) is 41.5 Å². The Morgan fingerprint density at radius 2 is 1.43 bits per heavy atom. The summed E-state index contributed by atoms with van der Waals surface area (Å²) in [5.41, 5.74) is 10.7. The SMILES string of the molecule is Cc1ccnc(-n2c3[c-]c(Oc4[c-]c(-n5[c](=[Pt])n(C)c6cc(C(C)(C)C)ccc65)ccc4)ccc3c3cc4c(cc32)C(C)(C)C(C)(C)C4(C)C)c1. The molecule has 0 N–H and O–H groups in total. The number of nitrogens with zero attached hydrogens (tertiary/aromatic N) is 4. The van der Waals surface area contributed by atoms with Crippen LogP contribution in [-0.2, 0) is 42.6 Å². The third-order valence-electron chi connectivity index (χ3n) is 12.5. The second-order valence-electron chi connectivity index (χ2n) is 17.0. The standard InChI is InChI=1S/C45H46N4O.Pt/c1-28-19-20-46-41(21-28)49-38-24-32(16-17-33(38)34-25-35-36(26-39(34)49)44(7,8)45(9,10)43(35,5)6)50-31-14-12-13-30(23-31)48-27-47(11)40-22-29(42(2,3)4)15-18-37(40)48;/h12-22,25-26H,1-11H3;/q-2;. The van der Waals surface area contributed by atoms with Gasteiger partial charge in [0.1, 0.15) is 0 Å². The van der Waals surface area contributed by atoms with E-state index < -0.39 is 0 Å². The number of ether oxygens (including phenoxy) is 1. The monoisotopic (exact) mass is 853 g/mol. The van der Waals surface area contributed by atoms with Gasteiger partial charge in [0.25, 0.3) is 0 Å². The predicted molar refractivity (Wildman–Crippen MR) is 205 cm³/mol. The van der Waals surface area contributed by atoms with Crippen LogP contribution >= 0.6 is 0 Å². The first kappa shape index (κ1) is 33.9. The number of hydrogen-bond acceptors (Lipinski definition) is 2. The van der Waals surface area contributed by atoms with Crippen LogP contribution in [0.15, 0.2) is 79.0 Å². The first-order valence-corrected chi connectivity index (χ1v) is 18.9. The summed E-state index contributed by atoms with van der Waals surface area (Å²) in [4.78, 5) is 4.87. The van der Waals surface area contributed by atoms with E-state index in [9.17, 15) is 0 Å². The van der Waals surface area contributed by atoms with Crippen LogP contribution in [0.3, 0.4) is 0 Å². The molecule has 4 aromatic carbocycles. The molecule has 1 aliphatic rings. The fourth-order valence-corrected chi connectivity index (χ4v) is 8.96. The van der Waals surface area contributed by atoms with Crippen LogP contribution in [0, 0.1) is 28.3 Å². The van der Waals surface area contributed by atoms with E-state index in [-0.39, 0.29) is 21.7 Å². The Hall–Kier alpha value is -4.21. The summed E-state index contributed by atoms with van der Waals surface area (Å²) < 4.78 is 14.4. The van der Waals surface area contributed by atoms with Gasteiger partial charge in [-0.25, -0.2) is 0 Å². The molecule has 0 unspecified atom stereocenters. The van der Waals surface area contributed by atoms with Gasteiger partial charge in [0.15, 0.2) is 0 Å². The molecule has 3 aromatic heterocycles. The molecule has 0 atom stereocenters. The maximum absolute atomic E-state index is 6.59. The summed E-state index contributed by atoms with van der Waals surface area (Å²) in [6, 6.07) is 33.4. The molecule has 6 heteroatoms. The second-order valence-corrected chi connectivity index (χ2v) is 18.0. The Morgan fingerprint density at radius 1 is 0.725 bits per heavy atom. The zero-order valence-electron chi connectivity index (χ0n) is 31.5. The van der Waals surface area contributed by atoms with Crippen molar-refractivity contribution in [3.05, 3.63) is 117 Å².